The van der Waals surface area contributed by atoms with Gasteiger partial charge in [0, 0.05) is 6.42 Å². The number of rotatable bonds is 10. The predicted molar refractivity (Wildman–Crippen MR) is 83.1 cm³/mol. The summed E-state index contributed by atoms with van der Waals surface area (Å²) in [5.74, 6) is 0.325. The van der Waals surface area contributed by atoms with Crippen LogP contribution in [0.4, 0.5) is 0 Å². The van der Waals surface area contributed by atoms with E-state index in [4.69, 9.17) is 0 Å². The molecule has 0 fully saturated rings. The molecular formula is C18H26O. The molecule has 0 amide bonds. The van der Waals surface area contributed by atoms with Crippen LogP contribution < -0.4 is 0 Å². The Kier molecular flexibility index (Phi) is 8.70. The van der Waals surface area contributed by atoms with E-state index in [-0.39, 0.29) is 0 Å². The zero-order valence-electron chi connectivity index (χ0n) is 12.1. The van der Waals surface area contributed by atoms with Crippen LogP contribution in [0.2, 0.25) is 0 Å². The average Bonchev–Trinajstić information content (AvgIpc) is 2.42. The molecule has 1 rings (SSSR count). The summed E-state index contributed by atoms with van der Waals surface area (Å²) in [5.41, 5.74) is 1.28. The van der Waals surface area contributed by atoms with Gasteiger partial charge in [-0.05, 0) is 31.7 Å². The molecule has 1 heteroatoms. The third-order valence-electron chi connectivity index (χ3n) is 3.26. The molecule has 0 spiro atoms. The molecule has 1 nitrogen and oxygen atoms in total. The van der Waals surface area contributed by atoms with Gasteiger partial charge in [0.25, 0.3) is 0 Å². The van der Waals surface area contributed by atoms with E-state index in [9.17, 15) is 4.79 Å². The van der Waals surface area contributed by atoms with Crippen LogP contribution in [-0.4, -0.2) is 5.78 Å². The smallest absolute Gasteiger partial charge is 0.129 e. The first-order valence-corrected chi connectivity index (χ1v) is 7.50. The number of Topliss-reactive ketones (excluding diaryl/α,β-unsaturated/α-hetero) is 1. The molecule has 0 aliphatic carbocycles. The molecule has 1 aromatic rings. The van der Waals surface area contributed by atoms with Crippen molar-refractivity contribution in [2.24, 2.45) is 0 Å². The topological polar surface area (TPSA) is 17.1 Å². The summed E-state index contributed by atoms with van der Waals surface area (Å²) in [6.07, 6.45) is 13.8. The first-order valence-electron chi connectivity index (χ1n) is 7.50. The largest absolute Gasteiger partial charge is 0.300 e. The summed E-state index contributed by atoms with van der Waals surface area (Å²) >= 11 is 0. The highest BCUT2D eigenvalue weighted by Gasteiger charge is 1.94. The van der Waals surface area contributed by atoms with Crippen LogP contribution in [0, 0.1) is 0 Å². The summed E-state index contributed by atoms with van der Waals surface area (Å²) in [7, 11) is 0. The van der Waals surface area contributed by atoms with Gasteiger partial charge in [0.05, 0.1) is 0 Å². The van der Waals surface area contributed by atoms with E-state index in [0.717, 1.165) is 12.8 Å². The van der Waals surface area contributed by atoms with E-state index in [1.165, 1.54) is 44.1 Å². The summed E-state index contributed by atoms with van der Waals surface area (Å²) in [6, 6.07) is 10.4. The Balaban J connectivity index is 1.91. The lowest BCUT2D eigenvalue weighted by atomic mass is 10.1. The fraction of sp³-hybridized carbons (Fsp3) is 0.500. The second kappa shape index (κ2) is 10.5. The van der Waals surface area contributed by atoms with Crippen molar-refractivity contribution in [2.45, 2.75) is 58.3 Å². The highest BCUT2D eigenvalue weighted by atomic mass is 16.1. The van der Waals surface area contributed by atoms with Crippen molar-refractivity contribution in [1.82, 2.24) is 0 Å². The second-order valence-electron chi connectivity index (χ2n) is 5.18. The fourth-order valence-electron chi connectivity index (χ4n) is 2.13. The van der Waals surface area contributed by atoms with E-state index < -0.39 is 0 Å². The molecule has 0 unspecified atom stereocenters. The summed E-state index contributed by atoms with van der Waals surface area (Å²) in [4.78, 5) is 10.8. The molecule has 1 aromatic carbocycles. The van der Waals surface area contributed by atoms with E-state index in [1.807, 2.05) is 6.07 Å². The van der Waals surface area contributed by atoms with Crippen LogP contribution in [-0.2, 0) is 4.79 Å². The van der Waals surface area contributed by atoms with Crippen molar-refractivity contribution in [2.75, 3.05) is 0 Å². The molecule has 0 N–H and O–H groups in total. The van der Waals surface area contributed by atoms with Gasteiger partial charge in [-0.3, -0.25) is 0 Å². The summed E-state index contributed by atoms with van der Waals surface area (Å²) in [5, 5.41) is 0. The number of ketones is 1. The number of carbonyl (C=O) groups is 1. The normalized spacial score (nSPS) is 11.0. The molecule has 104 valence electrons. The van der Waals surface area contributed by atoms with Crippen molar-refractivity contribution in [1.29, 1.82) is 0 Å². The van der Waals surface area contributed by atoms with Crippen LogP contribution in [0.15, 0.2) is 36.4 Å². The Morgan fingerprint density at radius 2 is 1.58 bits per heavy atom. The number of hydrogen-bond donors (Lipinski definition) is 0. The third-order valence-corrected chi connectivity index (χ3v) is 3.26. The number of allylic oxidation sites excluding steroid dienone is 1. The van der Waals surface area contributed by atoms with Crippen molar-refractivity contribution >= 4 is 11.9 Å². The zero-order valence-corrected chi connectivity index (χ0v) is 12.1. The SMILES string of the molecule is CC(=O)CCCCCCCC/C=C/c1ccccc1. The van der Waals surface area contributed by atoms with Gasteiger partial charge in [0.2, 0.25) is 0 Å². The number of hydrogen-bond acceptors (Lipinski definition) is 1. The first-order chi connectivity index (χ1) is 9.29. The minimum atomic E-state index is 0.325. The lowest BCUT2D eigenvalue weighted by Gasteiger charge is -1.99. The highest BCUT2D eigenvalue weighted by Crippen LogP contribution is 2.10. The van der Waals surface area contributed by atoms with E-state index in [2.05, 4.69) is 36.4 Å². The number of unbranched alkanes of at least 4 members (excludes halogenated alkanes) is 6. The number of carbonyl (C=O) groups excluding carboxylic acids is 1. The summed E-state index contributed by atoms with van der Waals surface area (Å²) in [6.45, 7) is 1.68. The maximum absolute atomic E-state index is 10.8. The molecule has 0 aliphatic heterocycles. The van der Waals surface area contributed by atoms with Crippen molar-refractivity contribution in [3.63, 3.8) is 0 Å². The molecule has 0 saturated carbocycles. The van der Waals surface area contributed by atoms with Gasteiger partial charge in [-0.25, -0.2) is 0 Å². The Labute approximate surface area is 117 Å². The Morgan fingerprint density at radius 1 is 0.947 bits per heavy atom. The van der Waals surface area contributed by atoms with Gasteiger partial charge in [-0.2, -0.15) is 0 Å². The Hall–Kier alpha value is -1.37. The Bertz CT molecular complexity index is 365. The third kappa shape index (κ3) is 9.24. The number of benzene rings is 1. The predicted octanol–water partition coefficient (Wildman–Crippen LogP) is 5.41. The molecular weight excluding hydrogens is 232 g/mol. The summed E-state index contributed by atoms with van der Waals surface area (Å²) < 4.78 is 0. The van der Waals surface area contributed by atoms with Gasteiger partial charge < -0.3 is 4.79 Å². The van der Waals surface area contributed by atoms with Crippen LogP contribution in [0.3, 0.4) is 0 Å². The monoisotopic (exact) mass is 258 g/mol. The van der Waals surface area contributed by atoms with Crippen LogP contribution >= 0.6 is 0 Å². The highest BCUT2D eigenvalue weighted by molar-refractivity contribution is 5.75. The zero-order chi connectivity index (χ0) is 13.8. The molecule has 0 atom stereocenters. The van der Waals surface area contributed by atoms with Crippen LogP contribution in [0.1, 0.15) is 63.9 Å². The van der Waals surface area contributed by atoms with Gasteiger partial charge >= 0.3 is 0 Å². The average molecular weight is 258 g/mol. The Morgan fingerprint density at radius 3 is 2.26 bits per heavy atom. The molecule has 0 aromatic heterocycles. The van der Waals surface area contributed by atoms with Crippen LogP contribution in [0.25, 0.3) is 6.08 Å². The van der Waals surface area contributed by atoms with Gasteiger partial charge in [0.15, 0.2) is 0 Å². The fourth-order valence-corrected chi connectivity index (χ4v) is 2.13. The quantitative estimate of drug-likeness (QED) is 0.513. The first kappa shape index (κ1) is 15.7. The van der Waals surface area contributed by atoms with Crippen molar-refractivity contribution in [3.8, 4) is 0 Å². The van der Waals surface area contributed by atoms with E-state index >= 15 is 0 Å². The van der Waals surface area contributed by atoms with Crippen molar-refractivity contribution < 1.29 is 4.79 Å². The lowest BCUT2D eigenvalue weighted by Crippen LogP contribution is -1.89. The standard InChI is InChI=1S/C18H26O/c1-17(19)13-9-6-4-2-3-5-7-10-14-18-15-11-8-12-16-18/h8,10-12,14-16H,2-7,9,13H2,1H3/b14-10+. The molecule has 0 radical (unpaired) electrons. The molecule has 0 saturated heterocycles. The maximum atomic E-state index is 10.8. The van der Waals surface area contributed by atoms with Gasteiger partial charge in [0.1, 0.15) is 5.78 Å². The minimum absolute atomic E-state index is 0.325. The maximum Gasteiger partial charge on any atom is 0.129 e. The minimum Gasteiger partial charge on any atom is -0.300 e. The van der Waals surface area contributed by atoms with Crippen molar-refractivity contribution in [3.05, 3.63) is 42.0 Å². The molecule has 0 bridgehead atoms. The van der Waals surface area contributed by atoms with E-state index in [1.54, 1.807) is 6.92 Å². The van der Waals surface area contributed by atoms with Crippen LogP contribution in [0.5, 0.6) is 0 Å². The second-order valence-corrected chi connectivity index (χ2v) is 5.18. The molecule has 19 heavy (non-hydrogen) atoms. The lowest BCUT2D eigenvalue weighted by molar-refractivity contribution is -0.117. The van der Waals surface area contributed by atoms with Gasteiger partial charge in [-0.1, -0.05) is 68.2 Å². The van der Waals surface area contributed by atoms with Gasteiger partial charge in [-0.15, -0.1) is 0 Å². The van der Waals surface area contributed by atoms with E-state index in [0.29, 0.717) is 5.78 Å². The molecule has 0 aliphatic rings. The molecule has 0 heterocycles.